The Morgan fingerprint density at radius 1 is 1.54 bits per heavy atom. The van der Waals surface area contributed by atoms with Crippen LogP contribution in [0.2, 0.25) is 0 Å². The molecule has 2 nitrogen and oxygen atoms in total. The average molecular weight is 188 g/mol. The van der Waals surface area contributed by atoms with Gasteiger partial charge in [0.2, 0.25) is 0 Å². The Bertz CT molecular complexity index is 263. The monoisotopic (exact) mass is 188 g/mol. The Hall–Kier alpha value is -0.900. The largest absolute Gasteiger partial charge is 0.348 e. The van der Waals surface area contributed by atoms with Crippen LogP contribution in [-0.2, 0) is 13.0 Å². The summed E-state index contributed by atoms with van der Waals surface area (Å²) in [6, 6.07) is 1.82. The van der Waals surface area contributed by atoms with Gasteiger partial charge in [-0.05, 0) is 24.6 Å². The van der Waals surface area contributed by atoms with Gasteiger partial charge in [0, 0.05) is 19.3 Å². The van der Waals surface area contributed by atoms with E-state index in [0.717, 1.165) is 18.9 Å². The summed E-state index contributed by atoms with van der Waals surface area (Å²) in [5.74, 6) is -2.65. The van der Waals surface area contributed by atoms with Crippen LogP contribution in [0, 0.1) is 0 Å². The number of halogens is 2. The minimum Gasteiger partial charge on any atom is -0.348 e. The standard InChI is InChI=1S/C9H14F2N2/c1-9(10,11)7-13-5-3-8(6-13)2-4-12/h3,5-6H,2,4,7,12H2,1H3. The predicted octanol–water partition coefficient (Wildman–Crippen LogP) is 1.64. The van der Waals surface area contributed by atoms with Gasteiger partial charge in [-0.1, -0.05) is 0 Å². The summed E-state index contributed by atoms with van der Waals surface area (Å²) in [4.78, 5) is 0. The molecule has 0 saturated carbocycles. The number of hydrogen-bond acceptors (Lipinski definition) is 1. The molecule has 0 saturated heterocycles. The quantitative estimate of drug-likeness (QED) is 0.765. The Balaban J connectivity index is 2.59. The molecule has 0 bridgehead atoms. The predicted molar refractivity (Wildman–Crippen MR) is 47.8 cm³/mol. The second-order valence-electron chi connectivity index (χ2n) is 3.30. The average Bonchev–Trinajstić information content (AvgIpc) is 2.33. The lowest BCUT2D eigenvalue weighted by Crippen LogP contribution is -2.18. The molecule has 0 aliphatic rings. The van der Waals surface area contributed by atoms with Crippen molar-refractivity contribution in [2.75, 3.05) is 6.54 Å². The first-order chi connectivity index (χ1) is 6.01. The van der Waals surface area contributed by atoms with E-state index in [0.29, 0.717) is 6.54 Å². The van der Waals surface area contributed by atoms with Crippen molar-refractivity contribution in [3.63, 3.8) is 0 Å². The van der Waals surface area contributed by atoms with Crippen molar-refractivity contribution in [2.45, 2.75) is 25.8 Å². The van der Waals surface area contributed by atoms with Gasteiger partial charge in [-0.25, -0.2) is 8.78 Å². The minimum atomic E-state index is -2.65. The van der Waals surface area contributed by atoms with E-state index in [2.05, 4.69) is 0 Å². The van der Waals surface area contributed by atoms with Crippen LogP contribution in [0.1, 0.15) is 12.5 Å². The molecular weight excluding hydrogens is 174 g/mol. The molecule has 1 rings (SSSR count). The highest BCUT2D eigenvalue weighted by molar-refractivity contribution is 5.10. The van der Waals surface area contributed by atoms with Crippen molar-refractivity contribution in [2.24, 2.45) is 5.73 Å². The fraction of sp³-hybridized carbons (Fsp3) is 0.556. The maximum Gasteiger partial charge on any atom is 0.262 e. The lowest BCUT2D eigenvalue weighted by atomic mass is 10.2. The molecule has 0 fully saturated rings. The van der Waals surface area contributed by atoms with E-state index in [1.807, 2.05) is 6.07 Å². The molecule has 1 heterocycles. The molecule has 4 heteroatoms. The first kappa shape index (κ1) is 10.2. The zero-order chi connectivity index (χ0) is 9.90. The zero-order valence-corrected chi connectivity index (χ0v) is 7.63. The van der Waals surface area contributed by atoms with E-state index in [1.54, 1.807) is 12.4 Å². The molecule has 1 aromatic heterocycles. The van der Waals surface area contributed by atoms with Crippen LogP contribution in [0.4, 0.5) is 8.78 Å². The third kappa shape index (κ3) is 3.55. The molecule has 0 atom stereocenters. The van der Waals surface area contributed by atoms with Crippen LogP contribution in [0.15, 0.2) is 18.5 Å². The van der Waals surface area contributed by atoms with Crippen LogP contribution in [0.25, 0.3) is 0 Å². The highest BCUT2D eigenvalue weighted by atomic mass is 19.3. The molecule has 2 N–H and O–H groups in total. The van der Waals surface area contributed by atoms with Crippen LogP contribution in [-0.4, -0.2) is 17.0 Å². The third-order valence-corrected chi connectivity index (χ3v) is 1.70. The van der Waals surface area contributed by atoms with Crippen molar-refractivity contribution in [3.8, 4) is 0 Å². The highest BCUT2D eigenvalue weighted by Crippen LogP contribution is 2.15. The Morgan fingerprint density at radius 3 is 2.77 bits per heavy atom. The smallest absolute Gasteiger partial charge is 0.262 e. The lowest BCUT2D eigenvalue weighted by Gasteiger charge is -2.10. The van der Waals surface area contributed by atoms with Crippen LogP contribution in [0.5, 0.6) is 0 Å². The second kappa shape index (κ2) is 3.87. The summed E-state index contributed by atoms with van der Waals surface area (Å²) in [7, 11) is 0. The summed E-state index contributed by atoms with van der Waals surface area (Å²) >= 11 is 0. The molecule has 0 unspecified atom stereocenters. The topological polar surface area (TPSA) is 30.9 Å². The van der Waals surface area contributed by atoms with Gasteiger partial charge in [0.25, 0.3) is 5.92 Å². The maximum absolute atomic E-state index is 12.6. The van der Waals surface area contributed by atoms with E-state index >= 15 is 0 Å². The lowest BCUT2D eigenvalue weighted by molar-refractivity contribution is 0.00400. The van der Waals surface area contributed by atoms with E-state index in [4.69, 9.17) is 5.73 Å². The van der Waals surface area contributed by atoms with Gasteiger partial charge in [-0.15, -0.1) is 0 Å². The molecule has 0 spiro atoms. The normalized spacial score (nSPS) is 12.0. The van der Waals surface area contributed by atoms with Crippen molar-refractivity contribution in [1.29, 1.82) is 0 Å². The van der Waals surface area contributed by atoms with Crippen molar-refractivity contribution in [3.05, 3.63) is 24.0 Å². The number of hydrogen-bond donors (Lipinski definition) is 1. The molecule has 13 heavy (non-hydrogen) atoms. The zero-order valence-electron chi connectivity index (χ0n) is 7.63. The van der Waals surface area contributed by atoms with Crippen molar-refractivity contribution >= 4 is 0 Å². The van der Waals surface area contributed by atoms with E-state index in [1.165, 1.54) is 4.57 Å². The first-order valence-electron chi connectivity index (χ1n) is 4.24. The number of nitrogens with zero attached hydrogens (tertiary/aromatic N) is 1. The summed E-state index contributed by atoms with van der Waals surface area (Å²) in [5, 5.41) is 0. The molecule has 0 amide bonds. The summed E-state index contributed by atoms with van der Waals surface area (Å²) in [6.45, 7) is 1.19. The van der Waals surface area contributed by atoms with Crippen LogP contribution in [0.3, 0.4) is 0 Å². The molecule has 74 valence electrons. The molecule has 0 aliphatic carbocycles. The maximum atomic E-state index is 12.6. The SMILES string of the molecule is CC(F)(F)Cn1ccc(CCN)c1. The Morgan fingerprint density at radius 2 is 2.23 bits per heavy atom. The van der Waals surface area contributed by atoms with E-state index < -0.39 is 5.92 Å². The second-order valence-corrected chi connectivity index (χ2v) is 3.30. The third-order valence-electron chi connectivity index (χ3n) is 1.70. The first-order valence-corrected chi connectivity index (χ1v) is 4.24. The van der Waals surface area contributed by atoms with Gasteiger partial charge in [0.05, 0.1) is 6.54 Å². The minimum absolute atomic E-state index is 0.266. The Labute approximate surface area is 76.3 Å². The Kier molecular flexibility index (Phi) is 3.03. The van der Waals surface area contributed by atoms with Gasteiger partial charge in [0.15, 0.2) is 0 Å². The molecule has 1 aromatic rings. The summed E-state index contributed by atoms with van der Waals surface area (Å²) in [5.41, 5.74) is 6.35. The fourth-order valence-corrected chi connectivity index (χ4v) is 1.22. The summed E-state index contributed by atoms with van der Waals surface area (Å²) < 4.78 is 26.6. The number of alkyl halides is 2. The van der Waals surface area contributed by atoms with Crippen molar-refractivity contribution < 1.29 is 8.78 Å². The molecule has 0 aliphatic heterocycles. The fourth-order valence-electron chi connectivity index (χ4n) is 1.22. The highest BCUT2D eigenvalue weighted by Gasteiger charge is 2.21. The van der Waals surface area contributed by atoms with Gasteiger partial charge < -0.3 is 10.3 Å². The van der Waals surface area contributed by atoms with Crippen molar-refractivity contribution in [1.82, 2.24) is 4.57 Å². The number of aromatic nitrogens is 1. The summed E-state index contributed by atoms with van der Waals surface area (Å²) in [6.07, 6.45) is 4.11. The van der Waals surface area contributed by atoms with Gasteiger partial charge in [0.1, 0.15) is 0 Å². The van der Waals surface area contributed by atoms with Gasteiger partial charge in [-0.3, -0.25) is 0 Å². The molecule has 0 aromatic carbocycles. The molecular formula is C9H14F2N2. The number of nitrogens with two attached hydrogens (primary N) is 1. The van der Waals surface area contributed by atoms with Crippen LogP contribution >= 0.6 is 0 Å². The van der Waals surface area contributed by atoms with E-state index in [-0.39, 0.29) is 6.54 Å². The van der Waals surface area contributed by atoms with Gasteiger partial charge in [-0.2, -0.15) is 0 Å². The van der Waals surface area contributed by atoms with Crippen LogP contribution < -0.4 is 5.73 Å². The molecule has 0 radical (unpaired) electrons. The van der Waals surface area contributed by atoms with E-state index in [9.17, 15) is 8.78 Å². The number of rotatable bonds is 4. The van der Waals surface area contributed by atoms with Gasteiger partial charge >= 0.3 is 0 Å².